The van der Waals surface area contributed by atoms with Gasteiger partial charge >= 0.3 is 0 Å². The van der Waals surface area contributed by atoms with E-state index >= 15 is 0 Å². The number of ether oxygens (including phenoxy) is 1. The average molecular weight is 503 g/mol. The second-order valence-electron chi connectivity index (χ2n) is 11.6. The van der Waals surface area contributed by atoms with Gasteiger partial charge in [0.1, 0.15) is 0 Å². The summed E-state index contributed by atoms with van der Waals surface area (Å²) >= 11 is 6.02. The molecule has 198 valence electrons. The lowest BCUT2D eigenvalue weighted by Crippen LogP contribution is -2.49. The topological polar surface area (TPSA) is 26.3 Å². The first-order chi connectivity index (χ1) is 17.1. The van der Waals surface area contributed by atoms with Crippen molar-refractivity contribution in [3.05, 3.63) is 35.4 Å². The number of Topliss-reactive ketones (excluding diaryl/α,β-unsaturated/α-hetero) is 1. The van der Waals surface area contributed by atoms with Crippen molar-refractivity contribution in [3.63, 3.8) is 0 Å². The third-order valence-electron chi connectivity index (χ3n) is 9.40. The average Bonchev–Trinajstić information content (AvgIpc) is 2.92. The summed E-state index contributed by atoms with van der Waals surface area (Å²) in [7, 11) is 1.89. The molecule has 35 heavy (non-hydrogen) atoms. The number of fused-ring (bicyclic) bond motifs is 3. The second kappa shape index (κ2) is 14.8. The Kier molecular flexibility index (Phi) is 12.1. The monoisotopic (exact) mass is 502 g/mol. The Morgan fingerprint density at radius 3 is 1.74 bits per heavy atom. The molecule has 4 rings (SSSR count). The minimum Gasteiger partial charge on any atom is -0.378 e. The molecule has 2 bridgehead atoms. The van der Waals surface area contributed by atoms with Crippen LogP contribution in [-0.4, -0.2) is 24.4 Å². The zero-order valence-corrected chi connectivity index (χ0v) is 23.5. The molecule has 0 amide bonds. The second-order valence-corrected chi connectivity index (χ2v) is 11.9. The van der Waals surface area contributed by atoms with Crippen LogP contribution in [0.1, 0.15) is 146 Å². The van der Waals surface area contributed by atoms with Crippen molar-refractivity contribution in [3.8, 4) is 0 Å². The van der Waals surface area contributed by atoms with E-state index in [0.29, 0.717) is 5.41 Å². The maximum absolute atomic E-state index is 12.7. The first kappa shape index (κ1) is 28.7. The summed E-state index contributed by atoms with van der Waals surface area (Å²) < 4.78 is 5.88. The van der Waals surface area contributed by atoms with Gasteiger partial charge in [-0.1, -0.05) is 108 Å². The molecule has 1 aromatic rings. The molecule has 0 aliphatic heterocycles. The third-order valence-corrected chi connectivity index (χ3v) is 9.67. The highest BCUT2D eigenvalue weighted by molar-refractivity contribution is 6.28. The number of ketones is 1. The largest absolute Gasteiger partial charge is 0.378 e. The zero-order valence-electron chi connectivity index (χ0n) is 22.7. The van der Waals surface area contributed by atoms with E-state index < -0.39 is 0 Å². The van der Waals surface area contributed by atoms with Crippen LogP contribution in [0.25, 0.3) is 0 Å². The van der Waals surface area contributed by atoms with Crippen LogP contribution in [0, 0.1) is 0 Å². The quantitative estimate of drug-likeness (QED) is 0.147. The lowest BCUT2D eigenvalue weighted by atomic mass is 9.56. The molecular formula is C32H51ClO2. The summed E-state index contributed by atoms with van der Waals surface area (Å²) in [6.45, 7) is 2.28. The Hall–Kier alpha value is -0.860. The Labute approximate surface area is 220 Å². The van der Waals surface area contributed by atoms with E-state index in [4.69, 9.17) is 16.3 Å². The lowest BCUT2D eigenvalue weighted by molar-refractivity contribution is -0.118. The predicted octanol–water partition coefficient (Wildman–Crippen LogP) is 9.66. The Balaban J connectivity index is 1.40. The van der Waals surface area contributed by atoms with Crippen molar-refractivity contribution < 1.29 is 9.53 Å². The molecule has 0 heterocycles. The first-order valence-electron chi connectivity index (χ1n) is 14.8. The Bertz CT molecular complexity index is 716. The molecule has 0 N–H and O–H groups in total. The van der Waals surface area contributed by atoms with Crippen LogP contribution in [-0.2, 0) is 14.9 Å². The number of benzene rings is 1. The van der Waals surface area contributed by atoms with Crippen molar-refractivity contribution in [2.24, 2.45) is 0 Å². The normalized spacial score (nSPS) is 24.5. The summed E-state index contributed by atoms with van der Waals surface area (Å²) in [6.07, 6.45) is 24.3. The highest BCUT2D eigenvalue weighted by Gasteiger charge is 2.49. The maximum Gasteiger partial charge on any atom is 0.155 e. The molecule has 0 spiro atoms. The van der Waals surface area contributed by atoms with E-state index in [-0.39, 0.29) is 23.2 Å². The summed E-state index contributed by atoms with van der Waals surface area (Å²) in [5.74, 6) is 0.259. The van der Waals surface area contributed by atoms with Crippen LogP contribution in [0.5, 0.6) is 0 Å². The van der Waals surface area contributed by atoms with Gasteiger partial charge in [0.2, 0.25) is 0 Å². The molecule has 3 aliphatic rings. The molecule has 1 atom stereocenters. The minimum atomic E-state index is -0.0407. The smallest absolute Gasteiger partial charge is 0.155 e. The third kappa shape index (κ3) is 8.06. The molecule has 1 aromatic carbocycles. The van der Waals surface area contributed by atoms with Gasteiger partial charge in [0.05, 0.1) is 11.5 Å². The van der Waals surface area contributed by atoms with Gasteiger partial charge < -0.3 is 4.74 Å². The molecule has 1 unspecified atom stereocenters. The van der Waals surface area contributed by atoms with Crippen molar-refractivity contribution in [2.75, 3.05) is 13.0 Å². The molecule has 0 aromatic heterocycles. The van der Waals surface area contributed by atoms with Crippen molar-refractivity contribution in [2.45, 2.75) is 146 Å². The van der Waals surface area contributed by atoms with Gasteiger partial charge in [-0.25, -0.2) is 0 Å². The van der Waals surface area contributed by atoms with Crippen LogP contribution in [0.3, 0.4) is 0 Å². The minimum absolute atomic E-state index is 0.0407. The van der Waals surface area contributed by atoms with Crippen molar-refractivity contribution in [1.82, 2.24) is 0 Å². The fraction of sp³-hybridized carbons (Fsp3) is 0.781. The van der Waals surface area contributed by atoms with Gasteiger partial charge in [-0.2, -0.15) is 0 Å². The standard InChI is InChI=1S/C32H51ClO2/c1-3-4-5-6-7-8-9-10-11-12-13-14-15-29(30(34)26-33)27-16-18-28(19-17-27)31-20-23-32(35-2,24-21-31)25-22-31/h16-19,29H,3-15,20-26H2,1-2H3. The van der Waals surface area contributed by atoms with Gasteiger partial charge in [-0.3, -0.25) is 4.79 Å². The van der Waals surface area contributed by atoms with Gasteiger partial charge in [-0.05, 0) is 61.5 Å². The molecular weight excluding hydrogens is 452 g/mol. The van der Waals surface area contributed by atoms with Gasteiger partial charge in [-0.15, -0.1) is 11.6 Å². The van der Waals surface area contributed by atoms with Crippen LogP contribution >= 0.6 is 11.6 Å². The van der Waals surface area contributed by atoms with E-state index in [1.807, 2.05) is 7.11 Å². The van der Waals surface area contributed by atoms with E-state index in [0.717, 1.165) is 18.4 Å². The summed E-state index contributed by atoms with van der Waals surface area (Å²) in [5.41, 5.74) is 3.10. The predicted molar refractivity (Wildman–Crippen MR) is 150 cm³/mol. The zero-order chi connectivity index (χ0) is 25.0. The van der Waals surface area contributed by atoms with E-state index in [1.54, 1.807) is 0 Å². The summed E-state index contributed by atoms with van der Waals surface area (Å²) in [4.78, 5) is 12.7. The lowest BCUT2D eigenvalue weighted by Gasteiger charge is -2.53. The van der Waals surface area contributed by atoms with Crippen molar-refractivity contribution >= 4 is 17.4 Å². The molecule has 3 heteroatoms. The number of unbranched alkanes of at least 4 members (excludes halogenated alkanes) is 11. The van der Waals surface area contributed by atoms with Gasteiger partial charge in [0.25, 0.3) is 0 Å². The first-order valence-corrected chi connectivity index (χ1v) is 15.4. The molecule has 0 radical (unpaired) electrons. The summed E-state index contributed by atoms with van der Waals surface area (Å²) in [5, 5.41) is 0. The van der Waals surface area contributed by atoms with Crippen molar-refractivity contribution in [1.29, 1.82) is 0 Å². The molecule has 2 nitrogen and oxygen atoms in total. The van der Waals surface area contributed by atoms with E-state index in [2.05, 4.69) is 31.2 Å². The summed E-state index contributed by atoms with van der Waals surface area (Å²) in [6, 6.07) is 9.09. The Morgan fingerprint density at radius 1 is 0.800 bits per heavy atom. The van der Waals surface area contributed by atoms with Crippen LogP contribution < -0.4 is 0 Å². The Morgan fingerprint density at radius 2 is 1.29 bits per heavy atom. The highest BCUT2D eigenvalue weighted by Crippen LogP contribution is 2.54. The van der Waals surface area contributed by atoms with Crippen LogP contribution in [0.15, 0.2) is 24.3 Å². The van der Waals surface area contributed by atoms with E-state index in [1.165, 1.54) is 115 Å². The van der Waals surface area contributed by atoms with Gasteiger partial charge in [0.15, 0.2) is 5.78 Å². The number of rotatable bonds is 18. The highest BCUT2D eigenvalue weighted by atomic mass is 35.5. The number of carbonyl (C=O) groups is 1. The molecule has 0 saturated heterocycles. The number of methoxy groups -OCH3 is 1. The molecule has 3 saturated carbocycles. The molecule has 3 fully saturated rings. The number of alkyl halides is 1. The van der Waals surface area contributed by atoms with Gasteiger partial charge in [0, 0.05) is 13.0 Å². The SMILES string of the molecule is CCCCCCCCCCCCCCC(C(=O)CCl)c1ccc(C23CCC(OC)(CC2)CC3)cc1. The fourth-order valence-electron chi connectivity index (χ4n) is 6.76. The maximum atomic E-state index is 12.7. The number of hydrogen-bond acceptors (Lipinski definition) is 2. The number of carbonyl (C=O) groups excluding carboxylic acids is 1. The number of hydrogen-bond donors (Lipinski definition) is 0. The molecule has 3 aliphatic carbocycles. The van der Waals surface area contributed by atoms with Crippen LogP contribution in [0.2, 0.25) is 0 Å². The van der Waals surface area contributed by atoms with E-state index in [9.17, 15) is 4.79 Å². The number of halogens is 1. The fourth-order valence-corrected chi connectivity index (χ4v) is 6.94. The van der Waals surface area contributed by atoms with Crippen LogP contribution in [0.4, 0.5) is 0 Å².